The molecule has 0 saturated heterocycles. The topological polar surface area (TPSA) is 130 Å². The molecule has 0 atom stereocenters. The van der Waals surface area contributed by atoms with E-state index in [1.165, 1.54) is 4.31 Å². The molecule has 3 aliphatic heterocycles. The number of ether oxygens (including phenoxy) is 2. The molecule has 1 N–H and O–H groups in total. The molecule has 2 aromatic heterocycles. The number of sulfonamides is 1. The number of carbonyl (C=O) groups is 1. The van der Waals surface area contributed by atoms with Crippen molar-refractivity contribution in [3.8, 4) is 5.88 Å². The minimum atomic E-state index is -3.26. The molecular weight excluding hydrogens is 558 g/mol. The highest BCUT2D eigenvalue weighted by molar-refractivity contribution is 7.88. The van der Waals surface area contributed by atoms with Crippen LogP contribution >= 0.6 is 0 Å². The third-order valence-electron chi connectivity index (χ3n) is 7.64. The average molecular weight is 594 g/mol. The minimum Gasteiger partial charge on any atom is -0.474 e. The molecule has 0 radical (unpaired) electrons. The summed E-state index contributed by atoms with van der Waals surface area (Å²) in [6, 6.07) is 5.66. The summed E-state index contributed by atoms with van der Waals surface area (Å²) in [5.74, 6) is 0.897. The number of pyridine rings is 1. The second kappa shape index (κ2) is 10.4. The number of aromatic nitrogens is 3. The maximum Gasteiger partial charge on any atom is 0.415 e. The summed E-state index contributed by atoms with van der Waals surface area (Å²) in [7, 11) is -1.67. The third-order valence-corrected chi connectivity index (χ3v) is 9.39. The smallest absolute Gasteiger partial charge is 0.415 e. The predicted molar refractivity (Wildman–Crippen MR) is 159 cm³/mol. The highest BCUT2D eigenvalue weighted by Gasteiger charge is 2.33. The molecule has 1 amide bonds. The summed E-state index contributed by atoms with van der Waals surface area (Å²) in [6.07, 6.45) is 3.99. The number of nitrogens with zero attached hydrogens (tertiary/aromatic N) is 6. The van der Waals surface area contributed by atoms with Crippen molar-refractivity contribution in [1.82, 2.24) is 19.3 Å². The zero-order valence-corrected chi connectivity index (χ0v) is 25.3. The highest BCUT2D eigenvalue weighted by Crippen LogP contribution is 2.40. The number of fused-ring (bicyclic) bond motifs is 3. The fraction of sp³-hybridized carbons (Fsp3) is 0.448. The van der Waals surface area contributed by atoms with Crippen molar-refractivity contribution in [2.45, 2.75) is 58.6 Å². The van der Waals surface area contributed by atoms with Gasteiger partial charge in [0, 0.05) is 37.6 Å². The molecule has 0 saturated carbocycles. The van der Waals surface area contributed by atoms with E-state index in [0.717, 1.165) is 52.3 Å². The average Bonchev–Trinajstić information content (AvgIpc) is 2.92. The van der Waals surface area contributed by atoms with Gasteiger partial charge in [-0.05, 0) is 62.9 Å². The Kier molecular flexibility index (Phi) is 6.97. The number of rotatable bonds is 3. The van der Waals surface area contributed by atoms with Crippen LogP contribution in [0.2, 0.25) is 0 Å². The van der Waals surface area contributed by atoms with Crippen molar-refractivity contribution in [3.63, 3.8) is 0 Å². The van der Waals surface area contributed by atoms with Crippen molar-refractivity contribution in [2.24, 2.45) is 0 Å². The first-order valence-corrected chi connectivity index (χ1v) is 15.5. The molecule has 5 heterocycles. The Hall–Kier alpha value is -3.97. The van der Waals surface area contributed by atoms with Gasteiger partial charge in [-0.2, -0.15) is 0 Å². The normalized spacial score (nSPS) is 17.9. The van der Waals surface area contributed by atoms with E-state index in [1.54, 1.807) is 18.1 Å². The zero-order valence-electron chi connectivity index (χ0n) is 24.5. The quantitative estimate of drug-likeness (QED) is 0.477. The summed E-state index contributed by atoms with van der Waals surface area (Å²) in [5.41, 5.74) is 6.36. The van der Waals surface area contributed by atoms with Gasteiger partial charge in [-0.3, -0.25) is 4.90 Å². The minimum absolute atomic E-state index is 0.00290. The molecule has 12 nitrogen and oxygen atoms in total. The molecule has 0 aliphatic carbocycles. The maximum atomic E-state index is 13.0. The van der Waals surface area contributed by atoms with Crippen LogP contribution in [0.25, 0.3) is 0 Å². The summed E-state index contributed by atoms with van der Waals surface area (Å²) < 4.78 is 37.3. The Morgan fingerprint density at radius 2 is 1.88 bits per heavy atom. The van der Waals surface area contributed by atoms with Gasteiger partial charge in [0.1, 0.15) is 17.9 Å². The Bertz CT molecular complexity index is 1670. The van der Waals surface area contributed by atoms with Crippen LogP contribution in [0.15, 0.2) is 30.6 Å². The Labute approximate surface area is 245 Å². The van der Waals surface area contributed by atoms with Gasteiger partial charge in [-0.25, -0.2) is 32.5 Å². The fourth-order valence-corrected chi connectivity index (χ4v) is 6.71. The summed E-state index contributed by atoms with van der Waals surface area (Å²) >= 11 is 0. The van der Waals surface area contributed by atoms with Crippen LogP contribution in [0.3, 0.4) is 0 Å². The van der Waals surface area contributed by atoms with Crippen molar-refractivity contribution in [1.29, 1.82) is 0 Å². The highest BCUT2D eigenvalue weighted by atomic mass is 32.2. The molecule has 6 rings (SSSR count). The Morgan fingerprint density at radius 1 is 1.07 bits per heavy atom. The van der Waals surface area contributed by atoms with Gasteiger partial charge in [0.05, 0.1) is 36.4 Å². The molecule has 42 heavy (non-hydrogen) atoms. The molecule has 0 bridgehead atoms. The fourth-order valence-electron chi connectivity index (χ4n) is 5.48. The van der Waals surface area contributed by atoms with Crippen molar-refractivity contribution in [2.75, 3.05) is 41.9 Å². The molecule has 222 valence electrons. The lowest BCUT2D eigenvalue weighted by atomic mass is 10.0. The molecular formula is C29H35N7O5S. The first kappa shape index (κ1) is 28.2. The first-order valence-electron chi connectivity index (χ1n) is 13.9. The molecule has 0 spiro atoms. The van der Waals surface area contributed by atoms with Crippen molar-refractivity contribution in [3.05, 3.63) is 58.5 Å². The van der Waals surface area contributed by atoms with Crippen LogP contribution in [0.5, 0.6) is 5.88 Å². The largest absolute Gasteiger partial charge is 0.474 e. The van der Waals surface area contributed by atoms with E-state index in [0.29, 0.717) is 43.8 Å². The van der Waals surface area contributed by atoms with Crippen LogP contribution in [-0.4, -0.2) is 66.1 Å². The maximum absolute atomic E-state index is 13.0. The van der Waals surface area contributed by atoms with Gasteiger partial charge in [0.15, 0.2) is 0 Å². The molecule has 0 unspecified atom stereocenters. The van der Waals surface area contributed by atoms with E-state index in [9.17, 15) is 13.2 Å². The lowest BCUT2D eigenvalue weighted by Crippen LogP contribution is -2.42. The van der Waals surface area contributed by atoms with Gasteiger partial charge >= 0.3 is 6.09 Å². The standard InChI is InChI=1S/C29H35N7O5S/c1-18-24(14-30-26-25(18)36(10-11-40-26)28(37)41-29(2,3)4)35-9-8-19-13-31-27(33-23(19)16-35)32-22-7-6-20-17-42(38,39)34(5)15-21(20)12-22/h6-7,12-14H,8-11,15-17H2,1-5H3,(H,31,32,33). The molecule has 0 fully saturated rings. The van der Waals surface area contributed by atoms with E-state index in [2.05, 4.69) is 20.2 Å². The van der Waals surface area contributed by atoms with Crippen molar-refractivity contribution >= 4 is 39.1 Å². The summed E-state index contributed by atoms with van der Waals surface area (Å²) in [5, 5.41) is 3.29. The van der Waals surface area contributed by atoms with E-state index in [-0.39, 0.29) is 5.75 Å². The monoisotopic (exact) mass is 593 g/mol. The predicted octanol–water partition coefficient (Wildman–Crippen LogP) is 3.90. The van der Waals surface area contributed by atoms with Gasteiger partial charge in [0.2, 0.25) is 21.9 Å². The summed E-state index contributed by atoms with van der Waals surface area (Å²) in [4.78, 5) is 30.8. The van der Waals surface area contributed by atoms with Crippen LogP contribution in [0.4, 0.5) is 27.8 Å². The third kappa shape index (κ3) is 5.45. The van der Waals surface area contributed by atoms with E-state index in [4.69, 9.17) is 14.5 Å². The Morgan fingerprint density at radius 3 is 2.67 bits per heavy atom. The number of hydrogen-bond acceptors (Lipinski definition) is 10. The van der Waals surface area contributed by atoms with Gasteiger partial charge in [-0.1, -0.05) is 6.07 Å². The van der Waals surface area contributed by atoms with Crippen LogP contribution < -0.4 is 19.9 Å². The van der Waals surface area contributed by atoms with E-state index >= 15 is 0 Å². The Balaban J connectivity index is 1.23. The first-order chi connectivity index (χ1) is 19.9. The number of nitrogens with one attached hydrogen (secondary N) is 1. The number of amides is 1. The second-order valence-corrected chi connectivity index (χ2v) is 13.9. The second-order valence-electron chi connectivity index (χ2n) is 11.9. The molecule has 1 aromatic carbocycles. The van der Waals surface area contributed by atoms with E-state index in [1.807, 2.05) is 52.1 Å². The van der Waals surface area contributed by atoms with Gasteiger partial charge in [0.25, 0.3) is 0 Å². The summed E-state index contributed by atoms with van der Waals surface area (Å²) in [6.45, 7) is 9.88. The van der Waals surface area contributed by atoms with Crippen LogP contribution in [0, 0.1) is 6.92 Å². The van der Waals surface area contributed by atoms with Gasteiger partial charge in [-0.15, -0.1) is 0 Å². The van der Waals surface area contributed by atoms with Gasteiger partial charge < -0.3 is 19.7 Å². The zero-order chi connectivity index (χ0) is 29.8. The molecule has 13 heteroatoms. The van der Waals surface area contributed by atoms with Crippen LogP contribution in [0.1, 0.15) is 48.7 Å². The number of anilines is 4. The molecule has 3 aliphatic rings. The van der Waals surface area contributed by atoms with E-state index < -0.39 is 21.7 Å². The molecule has 3 aromatic rings. The van der Waals surface area contributed by atoms with Crippen molar-refractivity contribution < 1.29 is 22.7 Å². The lowest BCUT2D eigenvalue weighted by molar-refractivity contribution is 0.0566. The van der Waals surface area contributed by atoms with Crippen LogP contribution in [-0.2, 0) is 40.0 Å². The number of carbonyl (C=O) groups excluding carboxylic acids is 1. The number of benzene rings is 1. The lowest BCUT2D eigenvalue weighted by Gasteiger charge is -2.35. The number of hydrogen-bond donors (Lipinski definition) is 1. The SMILES string of the molecule is Cc1c(N2CCc3cnc(Nc4ccc5c(c4)CN(C)S(=O)(=O)C5)nc3C2)cnc2c1N(C(=O)OC(C)(C)C)CCO2.